The summed E-state index contributed by atoms with van der Waals surface area (Å²) in [5.41, 5.74) is 7.78. The van der Waals surface area contributed by atoms with Gasteiger partial charge in [0.1, 0.15) is 17.3 Å². The number of nitrogens with zero attached hydrogens (tertiary/aromatic N) is 3. The predicted octanol–water partition coefficient (Wildman–Crippen LogP) is 4.49. The molecule has 0 unspecified atom stereocenters. The lowest BCUT2D eigenvalue weighted by Crippen LogP contribution is -2.44. The molecule has 0 amide bonds. The van der Waals surface area contributed by atoms with E-state index in [2.05, 4.69) is 23.7 Å². The smallest absolute Gasteiger partial charge is 0.277 e. The summed E-state index contributed by atoms with van der Waals surface area (Å²) in [7, 11) is 0. The summed E-state index contributed by atoms with van der Waals surface area (Å²) in [6.45, 7) is 6.35. The predicted molar refractivity (Wildman–Crippen MR) is 137 cm³/mol. The minimum Gasteiger partial charge on any atom is -0.507 e. The SMILES string of the molecule is C[C@@H]1CCC[C@H](C)N1CCCCCn1c(=O)c(-c2cc(C(=N)N)ccc2O)nc2ccccc21. The van der Waals surface area contributed by atoms with Crippen molar-refractivity contribution in [3.8, 4) is 17.0 Å². The van der Waals surface area contributed by atoms with Gasteiger partial charge in [-0.05, 0) is 76.4 Å². The molecular formula is C27H35N5O2. The number of hydrogen-bond acceptors (Lipinski definition) is 5. The summed E-state index contributed by atoms with van der Waals surface area (Å²) < 4.78 is 1.77. The van der Waals surface area contributed by atoms with Crippen LogP contribution in [-0.4, -0.2) is 44.0 Å². The van der Waals surface area contributed by atoms with Gasteiger partial charge in [-0.3, -0.25) is 15.1 Å². The quantitative estimate of drug-likeness (QED) is 0.260. The highest BCUT2D eigenvalue weighted by Crippen LogP contribution is 2.28. The van der Waals surface area contributed by atoms with Crippen LogP contribution in [-0.2, 0) is 6.54 Å². The molecule has 2 aromatic carbocycles. The molecule has 3 aromatic rings. The molecule has 0 saturated carbocycles. The summed E-state index contributed by atoms with van der Waals surface area (Å²) in [6.07, 6.45) is 6.93. The molecule has 0 bridgehead atoms. The molecule has 7 nitrogen and oxygen atoms in total. The number of phenolic OH excluding ortho intramolecular Hbond substituents is 1. The molecule has 1 aliphatic heterocycles. The number of rotatable bonds is 8. The van der Waals surface area contributed by atoms with E-state index in [0.29, 0.717) is 35.3 Å². The average molecular weight is 462 g/mol. The third kappa shape index (κ3) is 4.99. The number of hydrogen-bond donors (Lipinski definition) is 3. The maximum absolute atomic E-state index is 13.5. The summed E-state index contributed by atoms with van der Waals surface area (Å²) in [4.78, 5) is 20.7. The van der Waals surface area contributed by atoms with Crippen molar-refractivity contribution in [2.24, 2.45) is 5.73 Å². The lowest BCUT2D eigenvalue weighted by atomic mass is 9.97. The van der Waals surface area contributed by atoms with Crippen molar-refractivity contribution in [1.82, 2.24) is 14.5 Å². The number of phenols is 1. The van der Waals surface area contributed by atoms with Crippen molar-refractivity contribution in [3.63, 3.8) is 0 Å². The number of fused-ring (bicyclic) bond motifs is 1. The molecule has 2 atom stereocenters. The number of aromatic nitrogens is 2. The van der Waals surface area contributed by atoms with Gasteiger partial charge in [0.05, 0.1) is 11.0 Å². The Morgan fingerprint density at radius 3 is 2.53 bits per heavy atom. The van der Waals surface area contributed by atoms with Gasteiger partial charge in [0, 0.05) is 29.8 Å². The Hall–Kier alpha value is -3.19. The van der Waals surface area contributed by atoms with Crippen molar-refractivity contribution in [2.75, 3.05) is 6.54 Å². The van der Waals surface area contributed by atoms with E-state index in [9.17, 15) is 9.90 Å². The Balaban J connectivity index is 1.56. The first kappa shape index (κ1) is 24.0. The number of aryl methyl sites for hydroxylation is 1. The van der Waals surface area contributed by atoms with Gasteiger partial charge in [0.25, 0.3) is 5.56 Å². The molecule has 2 heterocycles. The molecule has 1 fully saturated rings. The van der Waals surface area contributed by atoms with Gasteiger partial charge < -0.3 is 15.4 Å². The highest BCUT2D eigenvalue weighted by atomic mass is 16.3. The van der Waals surface area contributed by atoms with E-state index in [4.69, 9.17) is 11.1 Å². The van der Waals surface area contributed by atoms with Crippen molar-refractivity contribution in [3.05, 3.63) is 58.4 Å². The van der Waals surface area contributed by atoms with E-state index < -0.39 is 0 Å². The average Bonchev–Trinajstić information content (AvgIpc) is 2.81. The van der Waals surface area contributed by atoms with Gasteiger partial charge >= 0.3 is 0 Å². The van der Waals surface area contributed by atoms with E-state index >= 15 is 0 Å². The Labute approximate surface area is 200 Å². The second-order valence-electron chi connectivity index (χ2n) is 9.48. The Kier molecular flexibility index (Phi) is 7.32. The van der Waals surface area contributed by atoms with E-state index in [1.807, 2.05) is 24.3 Å². The second kappa shape index (κ2) is 10.4. The van der Waals surface area contributed by atoms with Gasteiger partial charge in [-0.25, -0.2) is 4.98 Å². The van der Waals surface area contributed by atoms with E-state index in [0.717, 1.165) is 31.3 Å². The number of nitrogen functional groups attached to an aromatic ring is 1. The lowest BCUT2D eigenvalue weighted by Gasteiger charge is -2.39. The fraction of sp³-hybridized carbons (Fsp3) is 0.444. The van der Waals surface area contributed by atoms with Gasteiger partial charge in [-0.1, -0.05) is 25.0 Å². The third-order valence-electron chi connectivity index (χ3n) is 7.09. The first-order valence-corrected chi connectivity index (χ1v) is 12.3. The van der Waals surface area contributed by atoms with Crippen LogP contribution >= 0.6 is 0 Å². The van der Waals surface area contributed by atoms with E-state index in [-0.39, 0.29) is 22.8 Å². The van der Waals surface area contributed by atoms with Crippen LogP contribution in [0.1, 0.15) is 57.9 Å². The van der Waals surface area contributed by atoms with Crippen LogP contribution in [0.5, 0.6) is 5.75 Å². The van der Waals surface area contributed by atoms with Crippen molar-refractivity contribution in [2.45, 2.75) is 71.0 Å². The van der Waals surface area contributed by atoms with Crippen LogP contribution < -0.4 is 11.3 Å². The molecule has 0 spiro atoms. The number of benzene rings is 2. The Morgan fingerprint density at radius 2 is 1.79 bits per heavy atom. The molecule has 0 aliphatic carbocycles. The number of para-hydroxylation sites is 2. The van der Waals surface area contributed by atoms with Gasteiger partial charge in [0.2, 0.25) is 0 Å². The minimum absolute atomic E-state index is 0.0544. The first-order chi connectivity index (χ1) is 16.4. The highest BCUT2D eigenvalue weighted by Gasteiger charge is 2.23. The van der Waals surface area contributed by atoms with Crippen molar-refractivity contribution < 1.29 is 5.11 Å². The van der Waals surface area contributed by atoms with Crippen LogP contribution in [0.15, 0.2) is 47.3 Å². The molecule has 180 valence electrons. The zero-order chi connectivity index (χ0) is 24.2. The standard InChI is InChI=1S/C27H35N5O2/c1-18-9-8-10-19(2)31(18)15-6-3-7-16-32-23-12-5-4-11-22(23)30-25(27(32)34)21-17-20(26(28)29)13-14-24(21)33/h4-5,11-14,17-19,33H,3,6-10,15-16H2,1-2H3,(H3,28,29)/t18-,19+. The fourth-order valence-corrected chi connectivity index (χ4v) is 5.14. The zero-order valence-electron chi connectivity index (χ0n) is 20.1. The number of piperidine rings is 1. The van der Waals surface area contributed by atoms with Crippen LogP contribution in [0.25, 0.3) is 22.3 Å². The van der Waals surface area contributed by atoms with Crippen molar-refractivity contribution >= 4 is 16.9 Å². The normalized spacial score (nSPS) is 18.9. The van der Waals surface area contributed by atoms with Gasteiger partial charge in [0.15, 0.2) is 0 Å². The molecule has 1 aliphatic rings. The van der Waals surface area contributed by atoms with Crippen LogP contribution in [0.4, 0.5) is 0 Å². The second-order valence-corrected chi connectivity index (χ2v) is 9.48. The van der Waals surface area contributed by atoms with Crippen molar-refractivity contribution in [1.29, 1.82) is 5.41 Å². The molecule has 4 N–H and O–H groups in total. The fourth-order valence-electron chi connectivity index (χ4n) is 5.14. The molecule has 1 aromatic heterocycles. The maximum Gasteiger partial charge on any atom is 0.277 e. The monoisotopic (exact) mass is 461 g/mol. The summed E-state index contributed by atoms with van der Waals surface area (Å²) in [5, 5.41) is 18.2. The molecule has 0 radical (unpaired) electrons. The number of nitrogens with one attached hydrogen (secondary N) is 1. The van der Waals surface area contributed by atoms with Gasteiger partial charge in [-0.15, -0.1) is 0 Å². The topological polar surface area (TPSA) is 108 Å². The number of likely N-dealkylation sites (tertiary alicyclic amines) is 1. The van der Waals surface area contributed by atoms with Crippen LogP contribution in [0.2, 0.25) is 0 Å². The molecule has 34 heavy (non-hydrogen) atoms. The summed E-state index contributed by atoms with van der Waals surface area (Å²) in [5.74, 6) is -0.180. The maximum atomic E-state index is 13.5. The van der Waals surface area contributed by atoms with Gasteiger partial charge in [-0.2, -0.15) is 0 Å². The Bertz CT molecular complexity index is 1230. The zero-order valence-corrected chi connectivity index (χ0v) is 20.1. The lowest BCUT2D eigenvalue weighted by molar-refractivity contribution is 0.101. The molecule has 1 saturated heterocycles. The summed E-state index contributed by atoms with van der Waals surface area (Å²) >= 11 is 0. The molecule has 7 heteroatoms. The minimum atomic E-state index is -0.243. The van der Waals surface area contributed by atoms with Crippen LogP contribution in [0.3, 0.4) is 0 Å². The number of nitrogens with two attached hydrogens (primary N) is 1. The third-order valence-corrected chi connectivity index (χ3v) is 7.09. The van der Waals surface area contributed by atoms with E-state index in [1.165, 1.54) is 25.3 Å². The van der Waals surface area contributed by atoms with Crippen LogP contribution in [0, 0.1) is 5.41 Å². The highest BCUT2D eigenvalue weighted by molar-refractivity contribution is 5.96. The number of unbranched alkanes of at least 4 members (excludes halogenated alkanes) is 2. The number of amidine groups is 1. The molecular weight excluding hydrogens is 426 g/mol. The number of aromatic hydroxyl groups is 1. The van der Waals surface area contributed by atoms with E-state index in [1.54, 1.807) is 16.7 Å². The summed E-state index contributed by atoms with van der Waals surface area (Å²) in [6, 6.07) is 13.5. The Morgan fingerprint density at radius 1 is 1.09 bits per heavy atom. The largest absolute Gasteiger partial charge is 0.507 e. The molecule has 4 rings (SSSR count). The first-order valence-electron chi connectivity index (χ1n) is 12.3.